The normalized spacial score (nSPS) is 21.2. The third-order valence-electron chi connectivity index (χ3n) is 6.69. The van der Waals surface area contributed by atoms with Crippen LogP contribution in [-0.2, 0) is 22.6 Å². The van der Waals surface area contributed by atoms with Crippen LogP contribution in [0.2, 0.25) is 0 Å². The molecule has 2 aromatic rings. The summed E-state index contributed by atoms with van der Waals surface area (Å²) in [6.45, 7) is 6.50. The summed E-state index contributed by atoms with van der Waals surface area (Å²) in [5.74, 6) is -0.160. The minimum atomic E-state index is -0.508. The molecule has 3 atom stereocenters. The Labute approximate surface area is 186 Å². The van der Waals surface area contributed by atoms with E-state index < -0.39 is 23.1 Å². The fourth-order valence-corrected chi connectivity index (χ4v) is 5.12. The number of carbonyl (C=O) groups is 1. The molecule has 1 saturated heterocycles. The SMILES string of the molecule is COC(=O)C[C@@H](c1oc(CN2C[C@H]3C[C@@H](C2)c2cccc(=O)n2C3)cc(=O)c1O)C(C)C. The average molecular weight is 443 g/mol. The summed E-state index contributed by atoms with van der Waals surface area (Å²) < 4.78 is 12.7. The molecule has 0 aromatic carbocycles. The lowest BCUT2D eigenvalue weighted by atomic mass is 9.83. The van der Waals surface area contributed by atoms with Crippen LogP contribution in [0, 0.1) is 11.8 Å². The number of ether oxygens (including phenoxy) is 1. The monoisotopic (exact) mass is 442 g/mol. The number of hydrogen-bond acceptors (Lipinski definition) is 7. The lowest BCUT2D eigenvalue weighted by Crippen LogP contribution is -2.46. The van der Waals surface area contributed by atoms with E-state index in [1.165, 1.54) is 13.2 Å². The van der Waals surface area contributed by atoms with E-state index in [2.05, 4.69) is 4.90 Å². The number of carbonyl (C=O) groups excluding carboxylic acids is 1. The Kier molecular flexibility index (Phi) is 6.24. The van der Waals surface area contributed by atoms with E-state index in [4.69, 9.17) is 9.15 Å². The summed E-state index contributed by atoms with van der Waals surface area (Å²) in [5.41, 5.74) is 0.597. The lowest BCUT2D eigenvalue weighted by molar-refractivity contribution is -0.141. The molecule has 8 heteroatoms. The van der Waals surface area contributed by atoms with Crippen molar-refractivity contribution in [3.05, 3.63) is 62.1 Å². The highest BCUT2D eigenvalue weighted by Crippen LogP contribution is 2.37. The Bertz CT molecular complexity index is 1120. The van der Waals surface area contributed by atoms with E-state index in [-0.39, 0.29) is 29.6 Å². The van der Waals surface area contributed by atoms with Gasteiger partial charge in [0.05, 0.1) is 20.1 Å². The largest absolute Gasteiger partial charge is 0.502 e. The molecule has 4 heterocycles. The molecule has 172 valence electrons. The number of pyridine rings is 1. The molecule has 0 saturated carbocycles. The van der Waals surface area contributed by atoms with E-state index >= 15 is 0 Å². The summed E-state index contributed by atoms with van der Waals surface area (Å²) in [6, 6.07) is 6.77. The van der Waals surface area contributed by atoms with Crippen LogP contribution in [-0.4, -0.2) is 40.7 Å². The van der Waals surface area contributed by atoms with E-state index in [1.807, 2.05) is 30.5 Å². The molecule has 1 N–H and O–H groups in total. The molecule has 2 bridgehead atoms. The van der Waals surface area contributed by atoms with Gasteiger partial charge in [-0.05, 0) is 24.3 Å². The van der Waals surface area contributed by atoms with E-state index in [1.54, 1.807) is 6.07 Å². The molecule has 2 aliphatic heterocycles. The average Bonchev–Trinajstić information content (AvgIpc) is 2.75. The Morgan fingerprint density at radius 3 is 2.75 bits per heavy atom. The molecular formula is C24H30N2O6. The van der Waals surface area contributed by atoms with Gasteiger partial charge in [-0.15, -0.1) is 0 Å². The van der Waals surface area contributed by atoms with Crippen molar-refractivity contribution < 1.29 is 19.1 Å². The van der Waals surface area contributed by atoms with Crippen molar-refractivity contribution in [2.75, 3.05) is 20.2 Å². The summed E-state index contributed by atoms with van der Waals surface area (Å²) in [7, 11) is 1.31. The van der Waals surface area contributed by atoms with Gasteiger partial charge in [0.1, 0.15) is 5.76 Å². The van der Waals surface area contributed by atoms with Gasteiger partial charge in [-0.3, -0.25) is 19.3 Å². The molecule has 0 aliphatic carbocycles. The first-order valence-corrected chi connectivity index (χ1v) is 11.1. The van der Waals surface area contributed by atoms with Gasteiger partial charge in [-0.2, -0.15) is 0 Å². The molecule has 2 aromatic heterocycles. The van der Waals surface area contributed by atoms with Crippen LogP contribution in [0.5, 0.6) is 5.75 Å². The number of esters is 1. The van der Waals surface area contributed by atoms with Crippen LogP contribution in [0.3, 0.4) is 0 Å². The lowest BCUT2D eigenvalue weighted by Gasteiger charge is -2.42. The molecule has 8 nitrogen and oxygen atoms in total. The molecule has 0 spiro atoms. The standard InChI is InChI=1S/C24H30N2O6/c1-14(2)18(9-22(29)31-3)24-23(30)20(27)8-17(32-24)13-25-10-15-7-16(12-25)19-5-4-6-21(28)26(19)11-15/h4-6,8,14-16,18,30H,7,9-13H2,1-3H3/t15-,16+,18-/m1/s1. The van der Waals surface area contributed by atoms with Gasteiger partial charge in [0.15, 0.2) is 5.76 Å². The Morgan fingerprint density at radius 1 is 1.25 bits per heavy atom. The summed E-state index contributed by atoms with van der Waals surface area (Å²) in [6.07, 6.45) is 1.06. The molecule has 0 amide bonds. The number of piperidine rings is 1. The van der Waals surface area contributed by atoms with Crippen molar-refractivity contribution in [2.24, 2.45) is 11.8 Å². The zero-order valence-electron chi connectivity index (χ0n) is 18.7. The van der Waals surface area contributed by atoms with Crippen molar-refractivity contribution >= 4 is 5.97 Å². The zero-order chi connectivity index (χ0) is 23.0. The number of hydrogen-bond donors (Lipinski definition) is 1. The van der Waals surface area contributed by atoms with Crippen molar-refractivity contribution in [1.82, 2.24) is 9.47 Å². The van der Waals surface area contributed by atoms with Gasteiger partial charge in [-0.25, -0.2) is 0 Å². The summed E-state index contributed by atoms with van der Waals surface area (Å²) in [4.78, 5) is 38.9. The second-order valence-corrected chi connectivity index (χ2v) is 9.31. The maximum atomic E-state index is 12.5. The van der Waals surface area contributed by atoms with Crippen LogP contribution in [0.4, 0.5) is 0 Å². The maximum Gasteiger partial charge on any atom is 0.306 e. The number of rotatable bonds is 6. The Morgan fingerprint density at radius 2 is 2.03 bits per heavy atom. The number of nitrogens with zero attached hydrogens (tertiary/aromatic N) is 2. The first-order valence-electron chi connectivity index (χ1n) is 11.1. The minimum Gasteiger partial charge on any atom is -0.502 e. The van der Waals surface area contributed by atoms with Crippen LogP contribution in [0.25, 0.3) is 0 Å². The highest BCUT2D eigenvalue weighted by molar-refractivity contribution is 5.70. The van der Waals surface area contributed by atoms with E-state index in [0.29, 0.717) is 24.8 Å². The van der Waals surface area contributed by atoms with Crippen LogP contribution in [0.1, 0.15) is 55.7 Å². The predicted octanol–water partition coefficient (Wildman–Crippen LogP) is 2.43. The quantitative estimate of drug-likeness (QED) is 0.686. The van der Waals surface area contributed by atoms with E-state index in [0.717, 1.165) is 25.2 Å². The van der Waals surface area contributed by atoms with Crippen molar-refractivity contribution in [3.63, 3.8) is 0 Å². The van der Waals surface area contributed by atoms with Gasteiger partial charge < -0.3 is 18.8 Å². The molecular weight excluding hydrogens is 412 g/mol. The number of aromatic hydroxyl groups is 1. The van der Waals surface area contributed by atoms with Crippen LogP contribution >= 0.6 is 0 Å². The Hall–Kier alpha value is -2.87. The number of fused-ring (bicyclic) bond motifs is 4. The van der Waals surface area contributed by atoms with Crippen LogP contribution < -0.4 is 11.0 Å². The third-order valence-corrected chi connectivity index (χ3v) is 6.69. The second kappa shape index (κ2) is 8.94. The van der Waals surface area contributed by atoms with Gasteiger partial charge in [0, 0.05) is 49.3 Å². The van der Waals surface area contributed by atoms with Gasteiger partial charge in [0.2, 0.25) is 11.2 Å². The van der Waals surface area contributed by atoms with Crippen molar-refractivity contribution in [1.29, 1.82) is 0 Å². The molecule has 2 aliphatic rings. The third kappa shape index (κ3) is 4.37. The molecule has 1 fully saturated rings. The van der Waals surface area contributed by atoms with E-state index in [9.17, 15) is 19.5 Å². The zero-order valence-corrected chi connectivity index (χ0v) is 18.7. The fourth-order valence-electron chi connectivity index (χ4n) is 5.12. The van der Waals surface area contributed by atoms with Gasteiger partial charge >= 0.3 is 5.97 Å². The predicted molar refractivity (Wildman–Crippen MR) is 118 cm³/mol. The topological polar surface area (TPSA) is 102 Å². The molecule has 32 heavy (non-hydrogen) atoms. The number of methoxy groups -OCH3 is 1. The van der Waals surface area contributed by atoms with Gasteiger partial charge in [-0.1, -0.05) is 19.9 Å². The molecule has 0 radical (unpaired) electrons. The smallest absolute Gasteiger partial charge is 0.306 e. The number of aromatic nitrogens is 1. The highest BCUT2D eigenvalue weighted by atomic mass is 16.5. The first kappa shape index (κ1) is 22.3. The van der Waals surface area contributed by atoms with Crippen LogP contribution in [0.15, 0.2) is 38.3 Å². The maximum absolute atomic E-state index is 12.5. The molecule has 0 unspecified atom stereocenters. The van der Waals surface area contributed by atoms with Gasteiger partial charge in [0.25, 0.3) is 5.56 Å². The van der Waals surface area contributed by atoms with Crippen molar-refractivity contribution in [3.8, 4) is 5.75 Å². The number of likely N-dealkylation sites (tertiary alicyclic amines) is 1. The second-order valence-electron chi connectivity index (χ2n) is 9.31. The summed E-state index contributed by atoms with van der Waals surface area (Å²) in [5, 5.41) is 10.4. The minimum absolute atomic E-state index is 0.0213. The highest BCUT2D eigenvalue weighted by Gasteiger charge is 2.35. The fraction of sp³-hybridized carbons (Fsp3) is 0.542. The summed E-state index contributed by atoms with van der Waals surface area (Å²) >= 11 is 0. The Balaban J connectivity index is 1.58. The first-order chi connectivity index (χ1) is 15.3. The van der Waals surface area contributed by atoms with Crippen molar-refractivity contribution in [2.45, 2.75) is 51.6 Å². The molecule has 4 rings (SSSR count).